The molecule has 2 aliphatic rings. The number of halogens is 4. The van der Waals surface area contributed by atoms with E-state index >= 15 is 0 Å². The number of alkyl halides is 3. The number of rotatable bonds is 1. The first kappa shape index (κ1) is 15.6. The largest absolute Gasteiger partial charge is 0.416 e. The molecule has 0 amide bonds. The highest BCUT2D eigenvalue weighted by molar-refractivity contribution is 5.85. The maximum absolute atomic E-state index is 13.2. The van der Waals surface area contributed by atoms with Crippen LogP contribution < -0.4 is 5.32 Å². The number of fused-ring (bicyclic) bond motifs is 3. The fraction of sp³-hybridized carbons (Fsp3) is 0.571. The highest BCUT2D eigenvalue weighted by Crippen LogP contribution is 2.41. The van der Waals surface area contributed by atoms with Gasteiger partial charge in [0.15, 0.2) is 0 Å². The lowest BCUT2D eigenvalue weighted by Gasteiger charge is -2.30. The van der Waals surface area contributed by atoms with E-state index in [2.05, 4.69) is 5.32 Å². The number of benzene rings is 1. The zero-order valence-corrected chi connectivity index (χ0v) is 11.9. The van der Waals surface area contributed by atoms with Gasteiger partial charge in [-0.15, -0.1) is 12.4 Å². The lowest BCUT2D eigenvalue weighted by atomic mass is 9.85. The second-order valence-electron chi connectivity index (χ2n) is 5.18. The first-order chi connectivity index (χ1) is 9.00. The Bertz CT molecular complexity index is 504. The molecule has 0 bridgehead atoms. The average molecular weight is 308 g/mol. The standard InChI is InChI=1S/C14H16F3NO.ClH/c1-2-8-3-9-10-5-18-6-13(10)19-7-11(9)12(4-8)14(15,16)17;/h3-4,10,13,18H,2,5-7H2,1H3;1H/t10-,13-;/m0./s1. The van der Waals surface area contributed by atoms with Gasteiger partial charge in [-0.3, -0.25) is 0 Å². The van der Waals surface area contributed by atoms with Gasteiger partial charge in [-0.05, 0) is 29.2 Å². The summed E-state index contributed by atoms with van der Waals surface area (Å²) >= 11 is 0. The van der Waals surface area contributed by atoms with Crippen molar-refractivity contribution in [3.05, 3.63) is 34.4 Å². The Balaban J connectivity index is 0.00000147. The summed E-state index contributed by atoms with van der Waals surface area (Å²) in [5.74, 6) is 0.0522. The van der Waals surface area contributed by atoms with Crippen LogP contribution in [-0.2, 0) is 23.9 Å². The monoisotopic (exact) mass is 307 g/mol. The Hall–Kier alpha value is -0.780. The molecule has 1 aromatic rings. The molecule has 0 aliphatic carbocycles. The molecule has 2 aliphatic heterocycles. The van der Waals surface area contributed by atoms with E-state index in [0.29, 0.717) is 18.5 Å². The van der Waals surface area contributed by atoms with Crippen LogP contribution in [0.3, 0.4) is 0 Å². The van der Waals surface area contributed by atoms with Crippen molar-refractivity contribution in [2.75, 3.05) is 13.1 Å². The van der Waals surface area contributed by atoms with E-state index in [-0.39, 0.29) is 31.0 Å². The molecule has 0 radical (unpaired) electrons. The van der Waals surface area contributed by atoms with Crippen molar-refractivity contribution < 1.29 is 17.9 Å². The van der Waals surface area contributed by atoms with Crippen LogP contribution in [0.25, 0.3) is 0 Å². The van der Waals surface area contributed by atoms with Crippen LogP contribution in [0.4, 0.5) is 13.2 Å². The molecule has 1 N–H and O–H groups in total. The first-order valence-corrected chi connectivity index (χ1v) is 6.56. The summed E-state index contributed by atoms with van der Waals surface area (Å²) in [5, 5.41) is 3.19. The maximum Gasteiger partial charge on any atom is 0.416 e. The fourth-order valence-electron chi connectivity index (χ4n) is 3.04. The summed E-state index contributed by atoms with van der Waals surface area (Å²) in [6.07, 6.45) is -3.68. The van der Waals surface area contributed by atoms with Gasteiger partial charge in [0.25, 0.3) is 0 Å². The van der Waals surface area contributed by atoms with Gasteiger partial charge in [0.05, 0.1) is 18.3 Å². The molecule has 2 heterocycles. The smallest absolute Gasteiger partial charge is 0.372 e. The average Bonchev–Trinajstić information content (AvgIpc) is 2.84. The third kappa shape index (κ3) is 2.54. The predicted molar refractivity (Wildman–Crippen MR) is 72.3 cm³/mol. The van der Waals surface area contributed by atoms with Gasteiger partial charge in [0.2, 0.25) is 0 Å². The van der Waals surface area contributed by atoms with Gasteiger partial charge in [-0.1, -0.05) is 13.0 Å². The molecule has 0 spiro atoms. The van der Waals surface area contributed by atoms with Crippen LogP contribution in [-0.4, -0.2) is 19.2 Å². The molecule has 112 valence electrons. The van der Waals surface area contributed by atoms with Crippen molar-refractivity contribution in [2.24, 2.45) is 0 Å². The van der Waals surface area contributed by atoms with E-state index in [9.17, 15) is 13.2 Å². The molecule has 2 atom stereocenters. The maximum atomic E-state index is 13.2. The van der Waals surface area contributed by atoms with Crippen molar-refractivity contribution in [3.8, 4) is 0 Å². The highest BCUT2D eigenvalue weighted by atomic mass is 35.5. The summed E-state index contributed by atoms with van der Waals surface area (Å²) in [4.78, 5) is 0. The summed E-state index contributed by atoms with van der Waals surface area (Å²) in [6.45, 7) is 3.37. The minimum absolute atomic E-state index is 0. The molecule has 1 saturated heterocycles. The van der Waals surface area contributed by atoms with Crippen LogP contribution in [0.2, 0.25) is 0 Å². The van der Waals surface area contributed by atoms with E-state index in [0.717, 1.165) is 17.7 Å². The molecule has 20 heavy (non-hydrogen) atoms. The van der Waals surface area contributed by atoms with Crippen LogP contribution in [0, 0.1) is 0 Å². The summed E-state index contributed by atoms with van der Waals surface area (Å²) in [7, 11) is 0. The molecule has 1 aromatic carbocycles. The zero-order chi connectivity index (χ0) is 13.6. The number of hydrogen-bond acceptors (Lipinski definition) is 2. The van der Waals surface area contributed by atoms with E-state index in [1.807, 2.05) is 13.0 Å². The van der Waals surface area contributed by atoms with Gasteiger partial charge >= 0.3 is 6.18 Å². The number of ether oxygens (including phenoxy) is 1. The topological polar surface area (TPSA) is 21.3 Å². The molecule has 0 unspecified atom stereocenters. The molecular formula is C14H17ClF3NO. The summed E-state index contributed by atoms with van der Waals surface area (Å²) in [6, 6.07) is 3.20. The molecule has 2 nitrogen and oxygen atoms in total. The first-order valence-electron chi connectivity index (χ1n) is 6.56. The number of nitrogens with one attached hydrogen (secondary N) is 1. The molecule has 3 rings (SSSR count). The van der Waals surface area contributed by atoms with Crippen molar-refractivity contribution in [1.29, 1.82) is 0 Å². The van der Waals surface area contributed by atoms with E-state index < -0.39 is 11.7 Å². The SMILES string of the molecule is CCc1cc2c(c(C(F)(F)F)c1)CO[C@H]1CNC[C@@H]21.Cl. The molecule has 6 heteroatoms. The Labute approximate surface area is 122 Å². The van der Waals surface area contributed by atoms with E-state index in [4.69, 9.17) is 4.74 Å². The number of aryl methyl sites for hydroxylation is 1. The minimum atomic E-state index is -4.31. The Morgan fingerprint density at radius 2 is 2.05 bits per heavy atom. The normalized spacial score (nSPS) is 24.8. The highest BCUT2D eigenvalue weighted by Gasteiger charge is 2.41. The van der Waals surface area contributed by atoms with Gasteiger partial charge in [0.1, 0.15) is 0 Å². The van der Waals surface area contributed by atoms with Crippen molar-refractivity contribution in [1.82, 2.24) is 5.32 Å². The van der Waals surface area contributed by atoms with Crippen LogP contribution >= 0.6 is 12.4 Å². The van der Waals surface area contributed by atoms with Crippen molar-refractivity contribution in [2.45, 2.75) is 38.1 Å². The van der Waals surface area contributed by atoms with Gasteiger partial charge in [0, 0.05) is 19.0 Å². The lowest BCUT2D eigenvalue weighted by molar-refractivity contribution is -0.139. The predicted octanol–water partition coefficient (Wildman–Crippen LogP) is 3.28. The van der Waals surface area contributed by atoms with Crippen LogP contribution in [0.5, 0.6) is 0 Å². The lowest BCUT2D eigenvalue weighted by Crippen LogP contribution is -2.29. The Morgan fingerprint density at radius 1 is 1.30 bits per heavy atom. The van der Waals surface area contributed by atoms with Crippen molar-refractivity contribution in [3.63, 3.8) is 0 Å². The molecule has 1 fully saturated rings. The van der Waals surface area contributed by atoms with Gasteiger partial charge in [-0.25, -0.2) is 0 Å². The third-order valence-corrected chi connectivity index (χ3v) is 4.06. The van der Waals surface area contributed by atoms with Gasteiger partial charge in [-0.2, -0.15) is 13.2 Å². The Morgan fingerprint density at radius 3 is 2.70 bits per heavy atom. The van der Waals surface area contributed by atoms with Gasteiger partial charge < -0.3 is 10.1 Å². The second-order valence-corrected chi connectivity index (χ2v) is 5.18. The molecule has 0 aromatic heterocycles. The van der Waals surface area contributed by atoms with E-state index in [1.54, 1.807) is 0 Å². The molecular weight excluding hydrogens is 291 g/mol. The van der Waals surface area contributed by atoms with E-state index in [1.165, 1.54) is 6.07 Å². The third-order valence-electron chi connectivity index (χ3n) is 4.06. The molecule has 0 saturated carbocycles. The minimum Gasteiger partial charge on any atom is -0.372 e. The van der Waals surface area contributed by atoms with Crippen LogP contribution in [0.15, 0.2) is 12.1 Å². The fourth-order valence-corrected chi connectivity index (χ4v) is 3.04. The van der Waals surface area contributed by atoms with Crippen LogP contribution in [0.1, 0.15) is 35.1 Å². The number of hydrogen-bond donors (Lipinski definition) is 1. The Kier molecular flexibility index (Phi) is 4.33. The summed E-state index contributed by atoms with van der Waals surface area (Å²) < 4.78 is 45.1. The summed E-state index contributed by atoms with van der Waals surface area (Å²) in [5.41, 5.74) is 1.38. The quantitative estimate of drug-likeness (QED) is 0.860. The van der Waals surface area contributed by atoms with Crippen molar-refractivity contribution >= 4 is 12.4 Å². The second kappa shape index (κ2) is 5.54. The zero-order valence-electron chi connectivity index (χ0n) is 11.1.